The number of aromatic amines is 1. The Hall–Kier alpha value is -4.31. The molecule has 0 fully saturated rings. The van der Waals surface area contributed by atoms with Crippen molar-refractivity contribution in [2.45, 2.75) is 6.54 Å². The first-order chi connectivity index (χ1) is 14.7. The number of hydrogen-bond acceptors (Lipinski definition) is 6. The van der Waals surface area contributed by atoms with E-state index < -0.39 is 0 Å². The predicted molar refractivity (Wildman–Crippen MR) is 112 cm³/mol. The van der Waals surface area contributed by atoms with Crippen LogP contribution < -0.4 is 10.1 Å². The molecule has 0 radical (unpaired) electrons. The maximum Gasteiger partial charge on any atom is 0.337 e. The summed E-state index contributed by atoms with van der Waals surface area (Å²) in [5.74, 6) is 1.54. The first kappa shape index (κ1) is 19.0. The van der Waals surface area contributed by atoms with E-state index in [2.05, 4.69) is 26.1 Å². The number of nitrogens with zero attached hydrogens (tertiary/aromatic N) is 2. The van der Waals surface area contributed by atoms with Gasteiger partial charge in [0.1, 0.15) is 23.1 Å². The number of fused-ring (bicyclic) bond motifs is 1. The molecule has 0 amide bonds. The zero-order valence-electron chi connectivity index (χ0n) is 16.2. The number of H-pyrrole nitrogens is 1. The highest BCUT2D eigenvalue weighted by Crippen LogP contribution is 2.23. The van der Waals surface area contributed by atoms with Crippen molar-refractivity contribution in [3.63, 3.8) is 0 Å². The summed E-state index contributed by atoms with van der Waals surface area (Å²) >= 11 is 0. The van der Waals surface area contributed by atoms with Crippen LogP contribution in [0.15, 0.2) is 66.7 Å². The van der Waals surface area contributed by atoms with Crippen LogP contribution in [0, 0.1) is 11.3 Å². The number of hydrogen-bond donors (Lipinski definition) is 2. The van der Waals surface area contributed by atoms with Gasteiger partial charge in [-0.25, -0.2) is 9.78 Å². The number of aromatic nitrogens is 2. The molecule has 0 aliphatic rings. The van der Waals surface area contributed by atoms with E-state index >= 15 is 0 Å². The van der Waals surface area contributed by atoms with Crippen LogP contribution in [0.1, 0.15) is 21.5 Å². The molecule has 7 nitrogen and oxygen atoms in total. The minimum absolute atomic E-state index is 0.383. The fourth-order valence-corrected chi connectivity index (χ4v) is 2.98. The number of nitrogens with one attached hydrogen (secondary N) is 2. The van der Waals surface area contributed by atoms with Gasteiger partial charge in [-0.1, -0.05) is 18.2 Å². The maximum absolute atomic E-state index is 11.5. The monoisotopic (exact) mass is 398 g/mol. The van der Waals surface area contributed by atoms with Crippen molar-refractivity contribution in [2.24, 2.45) is 0 Å². The molecule has 3 aromatic carbocycles. The Labute approximate surface area is 172 Å². The Kier molecular flexibility index (Phi) is 5.31. The summed E-state index contributed by atoms with van der Waals surface area (Å²) in [6.07, 6.45) is 0. The zero-order valence-corrected chi connectivity index (χ0v) is 16.2. The van der Waals surface area contributed by atoms with Crippen LogP contribution >= 0.6 is 0 Å². The lowest BCUT2D eigenvalue weighted by Crippen LogP contribution is -2.01. The van der Waals surface area contributed by atoms with Crippen molar-refractivity contribution < 1.29 is 14.3 Å². The molecule has 1 heterocycles. The van der Waals surface area contributed by atoms with Gasteiger partial charge in [0.05, 0.1) is 23.8 Å². The zero-order chi connectivity index (χ0) is 20.9. The fourth-order valence-electron chi connectivity index (χ4n) is 2.98. The van der Waals surface area contributed by atoms with Gasteiger partial charge in [0.15, 0.2) is 0 Å². The van der Waals surface area contributed by atoms with Crippen LogP contribution in [0.2, 0.25) is 0 Å². The van der Waals surface area contributed by atoms with Crippen molar-refractivity contribution in [1.82, 2.24) is 9.97 Å². The average molecular weight is 398 g/mol. The number of nitriles is 1. The molecule has 0 saturated heterocycles. The Morgan fingerprint density at radius 2 is 1.77 bits per heavy atom. The molecule has 2 N–H and O–H groups in total. The van der Waals surface area contributed by atoms with E-state index in [9.17, 15) is 10.1 Å². The number of methoxy groups -OCH3 is 1. The number of esters is 1. The first-order valence-corrected chi connectivity index (χ1v) is 9.24. The summed E-state index contributed by atoms with van der Waals surface area (Å²) in [6, 6.07) is 22.0. The molecule has 4 rings (SSSR count). The molecule has 0 unspecified atom stereocenters. The highest BCUT2D eigenvalue weighted by atomic mass is 16.5. The molecular formula is C23H18N4O3. The third-order valence-corrected chi connectivity index (χ3v) is 4.53. The van der Waals surface area contributed by atoms with Gasteiger partial charge in [-0.15, -0.1) is 0 Å². The Balaban J connectivity index is 1.38. The van der Waals surface area contributed by atoms with E-state index in [1.54, 1.807) is 30.3 Å². The van der Waals surface area contributed by atoms with Gasteiger partial charge in [0.2, 0.25) is 5.95 Å². The van der Waals surface area contributed by atoms with Crippen LogP contribution in [0.25, 0.3) is 11.0 Å². The first-order valence-electron chi connectivity index (χ1n) is 9.24. The Bertz CT molecular complexity index is 1220. The van der Waals surface area contributed by atoms with E-state index in [1.807, 2.05) is 36.4 Å². The molecule has 4 aromatic rings. The van der Waals surface area contributed by atoms with E-state index in [0.29, 0.717) is 40.6 Å². The molecule has 148 valence electrons. The molecule has 30 heavy (non-hydrogen) atoms. The number of ether oxygens (including phenoxy) is 2. The summed E-state index contributed by atoms with van der Waals surface area (Å²) in [5.41, 5.74) is 3.53. The minimum Gasteiger partial charge on any atom is -0.465 e. The average Bonchev–Trinajstić information content (AvgIpc) is 3.22. The lowest BCUT2D eigenvalue weighted by molar-refractivity contribution is 0.0600. The molecule has 0 aliphatic heterocycles. The summed E-state index contributed by atoms with van der Waals surface area (Å²) in [6.45, 7) is 0.565. The standard InChI is InChI=1S/C23H18N4O3/c1-29-22(28)16-7-11-19(12-8-16)30-18-9-5-15(6-10-18)14-25-23-26-20-4-2-3-17(13-24)21(20)27-23/h2-12H,14H2,1H3,(H2,25,26,27). The second-order valence-electron chi connectivity index (χ2n) is 6.51. The molecule has 0 bridgehead atoms. The number of anilines is 1. The Morgan fingerprint density at radius 1 is 1.07 bits per heavy atom. The van der Waals surface area contributed by atoms with E-state index in [4.69, 9.17) is 4.74 Å². The number of imidazole rings is 1. The lowest BCUT2D eigenvalue weighted by atomic mass is 10.2. The van der Waals surface area contributed by atoms with Crippen molar-refractivity contribution >= 4 is 23.0 Å². The minimum atomic E-state index is -0.383. The van der Waals surface area contributed by atoms with Gasteiger partial charge in [0.25, 0.3) is 0 Å². The summed E-state index contributed by atoms with van der Waals surface area (Å²) < 4.78 is 10.5. The van der Waals surface area contributed by atoms with Gasteiger partial charge in [-0.05, 0) is 54.1 Å². The second-order valence-corrected chi connectivity index (χ2v) is 6.51. The third kappa shape index (κ3) is 4.08. The number of benzene rings is 3. The van der Waals surface area contributed by atoms with Gasteiger partial charge in [-0.3, -0.25) is 0 Å². The summed E-state index contributed by atoms with van der Waals surface area (Å²) in [4.78, 5) is 19.1. The van der Waals surface area contributed by atoms with Crippen molar-refractivity contribution in [2.75, 3.05) is 12.4 Å². The second kappa shape index (κ2) is 8.37. The van der Waals surface area contributed by atoms with Crippen molar-refractivity contribution in [3.8, 4) is 17.6 Å². The molecular weight excluding hydrogens is 380 g/mol. The van der Waals surface area contributed by atoms with E-state index in [1.165, 1.54) is 7.11 Å². The lowest BCUT2D eigenvalue weighted by Gasteiger charge is -2.08. The molecule has 0 saturated carbocycles. The number of para-hydroxylation sites is 1. The van der Waals surface area contributed by atoms with Crippen molar-refractivity contribution in [1.29, 1.82) is 5.26 Å². The topological polar surface area (TPSA) is 100 Å². The SMILES string of the molecule is COC(=O)c1ccc(Oc2ccc(CNc3nc4c(C#N)cccc4[nH]3)cc2)cc1. The maximum atomic E-state index is 11.5. The smallest absolute Gasteiger partial charge is 0.337 e. The van der Waals surface area contributed by atoms with Crippen LogP contribution in [0.4, 0.5) is 5.95 Å². The van der Waals surface area contributed by atoms with Gasteiger partial charge >= 0.3 is 5.97 Å². The Morgan fingerprint density at radius 3 is 2.43 bits per heavy atom. The quantitative estimate of drug-likeness (QED) is 0.460. The number of carbonyl (C=O) groups is 1. The summed E-state index contributed by atoms with van der Waals surface area (Å²) in [5, 5.41) is 12.4. The normalized spacial score (nSPS) is 10.4. The summed E-state index contributed by atoms with van der Waals surface area (Å²) in [7, 11) is 1.35. The number of rotatable bonds is 6. The van der Waals surface area contributed by atoms with Gasteiger partial charge in [0, 0.05) is 6.54 Å². The predicted octanol–water partition coefficient (Wildman–Crippen LogP) is 4.63. The van der Waals surface area contributed by atoms with Crippen molar-refractivity contribution in [3.05, 3.63) is 83.4 Å². The molecule has 7 heteroatoms. The van der Waals surface area contributed by atoms with E-state index in [0.717, 1.165) is 11.1 Å². The fraction of sp³-hybridized carbons (Fsp3) is 0.0870. The molecule has 0 atom stereocenters. The molecule has 1 aromatic heterocycles. The highest BCUT2D eigenvalue weighted by Gasteiger charge is 2.07. The van der Waals surface area contributed by atoms with Crippen LogP contribution in [0.3, 0.4) is 0 Å². The van der Waals surface area contributed by atoms with Crippen LogP contribution in [-0.4, -0.2) is 23.0 Å². The van der Waals surface area contributed by atoms with Gasteiger partial charge < -0.3 is 19.8 Å². The highest BCUT2D eigenvalue weighted by molar-refractivity contribution is 5.89. The van der Waals surface area contributed by atoms with Crippen LogP contribution in [-0.2, 0) is 11.3 Å². The third-order valence-electron chi connectivity index (χ3n) is 4.53. The molecule has 0 spiro atoms. The van der Waals surface area contributed by atoms with Gasteiger partial charge in [-0.2, -0.15) is 5.26 Å². The van der Waals surface area contributed by atoms with Crippen LogP contribution in [0.5, 0.6) is 11.5 Å². The molecule has 0 aliphatic carbocycles. The van der Waals surface area contributed by atoms with E-state index in [-0.39, 0.29) is 5.97 Å². The largest absolute Gasteiger partial charge is 0.465 e. The number of carbonyl (C=O) groups excluding carboxylic acids is 1.